The van der Waals surface area contributed by atoms with E-state index >= 15 is 0 Å². The van der Waals surface area contributed by atoms with E-state index in [1.165, 1.54) is 12.8 Å². The summed E-state index contributed by atoms with van der Waals surface area (Å²) in [6, 6.07) is 1.97. The summed E-state index contributed by atoms with van der Waals surface area (Å²) in [6.07, 6.45) is 2.39. The minimum absolute atomic E-state index is 0.146. The van der Waals surface area contributed by atoms with Gasteiger partial charge in [0.05, 0.1) is 6.61 Å². The zero-order valence-corrected chi connectivity index (χ0v) is 11.2. The van der Waals surface area contributed by atoms with Crippen LogP contribution in [0.15, 0.2) is 6.07 Å². The monoisotopic (exact) mass is 250 g/mol. The Hall–Kier alpha value is -1.36. The van der Waals surface area contributed by atoms with Gasteiger partial charge in [-0.15, -0.1) is 0 Å². The van der Waals surface area contributed by atoms with Gasteiger partial charge in [-0.1, -0.05) is 0 Å². The van der Waals surface area contributed by atoms with Gasteiger partial charge in [0.2, 0.25) is 0 Å². The first-order valence-corrected chi connectivity index (χ1v) is 6.77. The summed E-state index contributed by atoms with van der Waals surface area (Å²) in [7, 11) is 0. The fourth-order valence-electron chi connectivity index (χ4n) is 1.97. The number of nitrogens with one attached hydrogen (secondary N) is 1. The van der Waals surface area contributed by atoms with Crippen molar-refractivity contribution in [1.29, 1.82) is 0 Å². The molecule has 0 amide bonds. The summed E-state index contributed by atoms with van der Waals surface area (Å²) in [4.78, 5) is 11.3. The summed E-state index contributed by atoms with van der Waals surface area (Å²) in [5, 5.41) is 12.3. The van der Waals surface area contributed by atoms with Gasteiger partial charge in [0.1, 0.15) is 17.5 Å². The lowest BCUT2D eigenvalue weighted by Crippen LogP contribution is -2.27. The van der Waals surface area contributed by atoms with E-state index in [1.54, 1.807) is 0 Å². The van der Waals surface area contributed by atoms with Crippen molar-refractivity contribution in [2.75, 3.05) is 36.5 Å². The SMILES string of the molecule is CCNc1cc(N(CC)CCO)nc(C2CC2)n1. The average Bonchev–Trinajstić information content (AvgIpc) is 3.20. The van der Waals surface area contributed by atoms with Crippen molar-refractivity contribution < 1.29 is 5.11 Å². The number of hydrogen-bond acceptors (Lipinski definition) is 5. The molecule has 0 aliphatic heterocycles. The van der Waals surface area contributed by atoms with Gasteiger partial charge < -0.3 is 15.3 Å². The number of aliphatic hydroxyl groups is 1. The first-order valence-electron chi connectivity index (χ1n) is 6.77. The van der Waals surface area contributed by atoms with Gasteiger partial charge in [-0.3, -0.25) is 0 Å². The number of anilines is 2. The van der Waals surface area contributed by atoms with Crippen LogP contribution in [0.3, 0.4) is 0 Å². The number of hydrogen-bond donors (Lipinski definition) is 2. The van der Waals surface area contributed by atoms with Gasteiger partial charge in [0, 0.05) is 31.6 Å². The van der Waals surface area contributed by atoms with Crippen molar-refractivity contribution in [3.8, 4) is 0 Å². The molecule has 1 heterocycles. The van der Waals surface area contributed by atoms with Crippen LogP contribution in [0.4, 0.5) is 11.6 Å². The molecule has 0 saturated heterocycles. The van der Waals surface area contributed by atoms with E-state index in [0.29, 0.717) is 12.5 Å². The third kappa shape index (κ3) is 3.10. The Bertz CT molecular complexity index is 393. The van der Waals surface area contributed by atoms with Crippen molar-refractivity contribution in [1.82, 2.24) is 9.97 Å². The molecular weight excluding hydrogens is 228 g/mol. The number of likely N-dealkylation sites (N-methyl/N-ethyl adjacent to an activating group) is 1. The molecule has 0 spiro atoms. The highest BCUT2D eigenvalue weighted by atomic mass is 16.3. The largest absolute Gasteiger partial charge is 0.395 e. The molecule has 0 aromatic carbocycles. The van der Waals surface area contributed by atoms with E-state index in [9.17, 15) is 0 Å². The van der Waals surface area contributed by atoms with Crippen LogP contribution in [0.1, 0.15) is 38.4 Å². The molecule has 1 aromatic rings. The lowest BCUT2D eigenvalue weighted by Gasteiger charge is -2.22. The number of aliphatic hydroxyl groups excluding tert-OH is 1. The fourth-order valence-corrected chi connectivity index (χ4v) is 1.97. The lowest BCUT2D eigenvalue weighted by atomic mass is 10.3. The first kappa shape index (κ1) is 13.1. The molecule has 0 atom stereocenters. The predicted molar refractivity (Wildman–Crippen MR) is 73.1 cm³/mol. The Balaban J connectivity index is 2.26. The van der Waals surface area contributed by atoms with Gasteiger partial charge in [0.15, 0.2) is 0 Å². The van der Waals surface area contributed by atoms with Crippen LogP contribution in [0.5, 0.6) is 0 Å². The maximum atomic E-state index is 9.09. The summed E-state index contributed by atoms with van der Waals surface area (Å²) >= 11 is 0. The molecule has 2 N–H and O–H groups in total. The number of aromatic nitrogens is 2. The van der Waals surface area contributed by atoms with Gasteiger partial charge in [-0.25, -0.2) is 9.97 Å². The Kier molecular flexibility index (Phi) is 4.36. The van der Waals surface area contributed by atoms with Crippen LogP contribution < -0.4 is 10.2 Å². The minimum atomic E-state index is 0.146. The second kappa shape index (κ2) is 6.00. The molecule has 5 nitrogen and oxygen atoms in total. The third-order valence-electron chi connectivity index (χ3n) is 3.11. The Labute approximate surface area is 108 Å². The van der Waals surface area contributed by atoms with Crippen molar-refractivity contribution in [2.45, 2.75) is 32.6 Å². The zero-order chi connectivity index (χ0) is 13.0. The zero-order valence-electron chi connectivity index (χ0n) is 11.2. The first-order chi connectivity index (χ1) is 8.78. The van der Waals surface area contributed by atoms with Crippen LogP contribution >= 0.6 is 0 Å². The molecule has 1 saturated carbocycles. The summed E-state index contributed by atoms with van der Waals surface area (Å²) < 4.78 is 0. The van der Waals surface area contributed by atoms with Crippen molar-refractivity contribution >= 4 is 11.6 Å². The Morgan fingerprint density at radius 2 is 2.17 bits per heavy atom. The highest BCUT2D eigenvalue weighted by molar-refractivity contribution is 5.50. The van der Waals surface area contributed by atoms with Crippen LogP contribution in [0, 0.1) is 0 Å². The molecular formula is C13H22N4O. The van der Waals surface area contributed by atoms with Gasteiger partial charge in [0.25, 0.3) is 0 Å². The van der Waals surface area contributed by atoms with Gasteiger partial charge in [-0.05, 0) is 26.7 Å². The average molecular weight is 250 g/mol. The maximum absolute atomic E-state index is 9.09. The Morgan fingerprint density at radius 1 is 1.39 bits per heavy atom. The van der Waals surface area contributed by atoms with Crippen molar-refractivity contribution in [3.05, 3.63) is 11.9 Å². The molecule has 1 aliphatic rings. The van der Waals surface area contributed by atoms with Crippen LogP contribution in [-0.2, 0) is 0 Å². The third-order valence-corrected chi connectivity index (χ3v) is 3.11. The molecule has 1 fully saturated rings. The van der Waals surface area contributed by atoms with E-state index in [0.717, 1.165) is 30.5 Å². The number of rotatable bonds is 7. The summed E-state index contributed by atoms with van der Waals surface area (Å²) in [5.74, 6) is 3.29. The van der Waals surface area contributed by atoms with Crippen molar-refractivity contribution in [3.63, 3.8) is 0 Å². The molecule has 1 aliphatic carbocycles. The van der Waals surface area contributed by atoms with Gasteiger partial charge >= 0.3 is 0 Å². The van der Waals surface area contributed by atoms with Crippen LogP contribution in [-0.4, -0.2) is 41.3 Å². The smallest absolute Gasteiger partial charge is 0.136 e. The molecule has 2 rings (SSSR count). The molecule has 0 bridgehead atoms. The molecule has 1 aromatic heterocycles. The maximum Gasteiger partial charge on any atom is 0.136 e. The van der Waals surface area contributed by atoms with E-state index < -0.39 is 0 Å². The molecule has 5 heteroatoms. The molecule has 0 unspecified atom stereocenters. The van der Waals surface area contributed by atoms with E-state index in [2.05, 4.69) is 34.0 Å². The van der Waals surface area contributed by atoms with Crippen LogP contribution in [0.2, 0.25) is 0 Å². The van der Waals surface area contributed by atoms with E-state index in [1.807, 2.05) is 6.07 Å². The standard InChI is InChI=1S/C13H22N4O/c1-3-14-11-9-12(17(4-2)7-8-18)16-13(15-11)10-5-6-10/h9-10,18H,3-8H2,1-2H3,(H,14,15,16). The van der Waals surface area contributed by atoms with Crippen LogP contribution in [0.25, 0.3) is 0 Å². The molecule has 0 radical (unpaired) electrons. The molecule has 18 heavy (non-hydrogen) atoms. The quantitative estimate of drug-likeness (QED) is 0.769. The highest BCUT2D eigenvalue weighted by Crippen LogP contribution is 2.39. The number of nitrogens with zero attached hydrogens (tertiary/aromatic N) is 3. The Morgan fingerprint density at radius 3 is 2.72 bits per heavy atom. The molecule has 100 valence electrons. The lowest BCUT2D eigenvalue weighted by molar-refractivity contribution is 0.302. The van der Waals surface area contributed by atoms with Gasteiger partial charge in [-0.2, -0.15) is 0 Å². The predicted octanol–water partition coefficient (Wildman–Crippen LogP) is 1.60. The van der Waals surface area contributed by atoms with E-state index in [-0.39, 0.29) is 6.61 Å². The summed E-state index contributed by atoms with van der Waals surface area (Å²) in [6.45, 7) is 6.58. The van der Waals surface area contributed by atoms with Crippen molar-refractivity contribution in [2.24, 2.45) is 0 Å². The minimum Gasteiger partial charge on any atom is -0.395 e. The normalized spacial score (nSPS) is 14.6. The fraction of sp³-hybridized carbons (Fsp3) is 0.692. The second-order valence-corrected chi connectivity index (χ2v) is 4.58. The topological polar surface area (TPSA) is 61.3 Å². The highest BCUT2D eigenvalue weighted by Gasteiger charge is 2.27. The second-order valence-electron chi connectivity index (χ2n) is 4.58. The van der Waals surface area contributed by atoms with E-state index in [4.69, 9.17) is 5.11 Å². The summed E-state index contributed by atoms with van der Waals surface area (Å²) in [5.41, 5.74) is 0.